The second-order valence-electron chi connectivity index (χ2n) is 4.38. The number of pyridine rings is 1. The van der Waals surface area contributed by atoms with Crippen LogP contribution in [0.3, 0.4) is 0 Å². The van der Waals surface area contributed by atoms with E-state index in [1.165, 1.54) is 11.1 Å². The molecule has 17 heavy (non-hydrogen) atoms. The molecular formula is C15H17NO. The van der Waals surface area contributed by atoms with Gasteiger partial charge in [0.05, 0.1) is 6.10 Å². The molecule has 0 aliphatic carbocycles. The molecule has 88 valence electrons. The molecule has 2 rings (SSSR count). The van der Waals surface area contributed by atoms with Crippen molar-refractivity contribution in [3.63, 3.8) is 0 Å². The van der Waals surface area contributed by atoms with Crippen molar-refractivity contribution in [3.05, 3.63) is 48.3 Å². The highest BCUT2D eigenvalue weighted by Gasteiger charge is 2.04. The summed E-state index contributed by atoms with van der Waals surface area (Å²) < 4.78 is 5.72. The van der Waals surface area contributed by atoms with Crippen molar-refractivity contribution < 1.29 is 4.74 Å². The summed E-state index contributed by atoms with van der Waals surface area (Å²) in [7, 11) is 0. The molecule has 0 spiro atoms. The molecule has 1 aromatic carbocycles. The number of ether oxygens (including phenoxy) is 1. The molecule has 0 aliphatic heterocycles. The lowest BCUT2D eigenvalue weighted by molar-refractivity contribution is 0.241. The number of aryl methyl sites for hydroxylation is 1. The molecular weight excluding hydrogens is 210 g/mol. The summed E-state index contributed by atoms with van der Waals surface area (Å²) in [5, 5.41) is 0. The maximum Gasteiger partial charge on any atom is 0.122 e. The van der Waals surface area contributed by atoms with Crippen LogP contribution in [0, 0.1) is 6.92 Å². The van der Waals surface area contributed by atoms with E-state index in [0.29, 0.717) is 0 Å². The van der Waals surface area contributed by atoms with Crippen LogP contribution in [0.1, 0.15) is 19.4 Å². The third-order valence-corrected chi connectivity index (χ3v) is 2.55. The van der Waals surface area contributed by atoms with Gasteiger partial charge >= 0.3 is 0 Å². The Balaban J connectivity index is 2.31. The van der Waals surface area contributed by atoms with Gasteiger partial charge in [-0.05, 0) is 61.7 Å². The third-order valence-electron chi connectivity index (χ3n) is 2.55. The van der Waals surface area contributed by atoms with Crippen LogP contribution in [0.4, 0.5) is 0 Å². The minimum atomic E-state index is 0.209. The standard InChI is InChI=1S/C15H17NO/c1-11(2)17-15-5-4-14(10-12(15)3)13-6-8-16-9-7-13/h4-11H,1-3H3. The van der Waals surface area contributed by atoms with Gasteiger partial charge in [0.2, 0.25) is 0 Å². The van der Waals surface area contributed by atoms with Gasteiger partial charge < -0.3 is 4.74 Å². The summed E-state index contributed by atoms with van der Waals surface area (Å²) in [6, 6.07) is 10.3. The average Bonchev–Trinajstić information content (AvgIpc) is 2.32. The molecule has 0 bridgehead atoms. The van der Waals surface area contributed by atoms with Crippen molar-refractivity contribution in [2.75, 3.05) is 0 Å². The number of hydrogen-bond donors (Lipinski definition) is 0. The lowest BCUT2D eigenvalue weighted by atomic mass is 10.0. The highest BCUT2D eigenvalue weighted by Crippen LogP contribution is 2.26. The van der Waals surface area contributed by atoms with Crippen molar-refractivity contribution in [2.24, 2.45) is 0 Å². The second kappa shape index (κ2) is 5.00. The molecule has 0 aliphatic rings. The van der Waals surface area contributed by atoms with Crippen LogP contribution in [0.25, 0.3) is 11.1 Å². The van der Waals surface area contributed by atoms with E-state index < -0.39 is 0 Å². The van der Waals surface area contributed by atoms with Crippen LogP contribution < -0.4 is 4.74 Å². The molecule has 0 saturated carbocycles. The fraction of sp³-hybridized carbons (Fsp3) is 0.267. The number of aromatic nitrogens is 1. The highest BCUT2D eigenvalue weighted by atomic mass is 16.5. The molecule has 0 atom stereocenters. The first-order valence-electron chi connectivity index (χ1n) is 5.84. The van der Waals surface area contributed by atoms with Gasteiger partial charge in [0, 0.05) is 12.4 Å². The van der Waals surface area contributed by atoms with Gasteiger partial charge in [-0.2, -0.15) is 0 Å². The molecule has 1 aromatic heterocycles. The maximum atomic E-state index is 5.72. The van der Waals surface area contributed by atoms with Gasteiger partial charge in [-0.25, -0.2) is 0 Å². The summed E-state index contributed by atoms with van der Waals surface area (Å²) in [5.74, 6) is 0.956. The second-order valence-corrected chi connectivity index (χ2v) is 4.38. The Bertz CT molecular complexity index is 492. The molecule has 0 N–H and O–H groups in total. The van der Waals surface area contributed by atoms with Crippen LogP contribution >= 0.6 is 0 Å². The topological polar surface area (TPSA) is 22.1 Å². The SMILES string of the molecule is Cc1cc(-c2ccncc2)ccc1OC(C)C. The largest absolute Gasteiger partial charge is 0.491 e. The van der Waals surface area contributed by atoms with E-state index in [9.17, 15) is 0 Å². The molecule has 1 heterocycles. The maximum absolute atomic E-state index is 5.72. The zero-order chi connectivity index (χ0) is 12.3. The van der Waals surface area contributed by atoms with Crippen molar-refractivity contribution in [3.8, 4) is 16.9 Å². The Labute approximate surface area is 102 Å². The Kier molecular flexibility index (Phi) is 3.43. The lowest BCUT2D eigenvalue weighted by Gasteiger charge is -2.13. The minimum absolute atomic E-state index is 0.209. The van der Waals surface area contributed by atoms with E-state index in [4.69, 9.17) is 4.74 Å². The molecule has 2 heteroatoms. The summed E-state index contributed by atoms with van der Waals surface area (Å²) in [6.07, 6.45) is 3.83. The Morgan fingerprint density at radius 3 is 2.29 bits per heavy atom. The number of nitrogens with zero attached hydrogens (tertiary/aromatic N) is 1. The van der Waals surface area contributed by atoms with Gasteiger partial charge in [0.25, 0.3) is 0 Å². The van der Waals surface area contributed by atoms with Crippen molar-refractivity contribution in [1.82, 2.24) is 4.98 Å². The third kappa shape index (κ3) is 2.84. The van der Waals surface area contributed by atoms with Crippen LogP contribution in [0.5, 0.6) is 5.75 Å². The molecule has 0 saturated heterocycles. The van der Waals surface area contributed by atoms with E-state index in [0.717, 1.165) is 11.3 Å². The molecule has 0 amide bonds. The predicted octanol–water partition coefficient (Wildman–Crippen LogP) is 3.84. The zero-order valence-electron chi connectivity index (χ0n) is 10.5. The van der Waals surface area contributed by atoms with Crippen molar-refractivity contribution >= 4 is 0 Å². The lowest BCUT2D eigenvalue weighted by Crippen LogP contribution is -2.06. The van der Waals surface area contributed by atoms with Crippen molar-refractivity contribution in [2.45, 2.75) is 26.9 Å². The molecule has 0 fully saturated rings. The highest BCUT2D eigenvalue weighted by molar-refractivity contribution is 5.65. The van der Waals surface area contributed by atoms with E-state index in [-0.39, 0.29) is 6.10 Å². The Hall–Kier alpha value is -1.83. The predicted molar refractivity (Wildman–Crippen MR) is 70.2 cm³/mol. The first kappa shape index (κ1) is 11.6. The normalized spacial score (nSPS) is 10.6. The first-order valence-corrected chi connectivity index (χ1v) is 5.84. The van der Waals surface area contributed by atoms with E-state index in [1.807, 2.05) is 44.4 Å². The summed E-state index contributed by atoms with van der Waals surface area (Å²) in [5.41, 5.74) is 3.54. The summed E-state index contributed by atoms with van der Waals surface area (Å²) >= 11 is 0. The molecule has 2 nitrogen and oxygen atoms in total. The van der Waals surface area contributed by atoms with Gasteiger partial charge in [-0.3, -0.25) is 4.98 Å². The molecule has 0 radical (unpaired) electrons. The molecule has 2 aromatic rings. The van der Waals surface area contributed by atoms with E-state index >= 15 is 0 Å². The fourth-order valence-electron chi connectivity index (χ4n) is 1.76. The average molecular weight is 227 g/mol. The van der Waals surface area contributed by atoms with E-state index in [2.05, 4.69) is 24.0 Å². The van der Waals surface area contributed by atoms with E-state index in [1.54, 1.807) is 0 Å². The van der Waals surface area contributed by atoms with Crippen LogP contribution in [-0.2, 0) is 0 Å². The summed E-state index contributed by atoms with van der Waals surface area (Å²) in [6.45, 7) is 6.15. The zero-order valence-corrected chi connectivity index (χ0v) is 10.5. The monoisotopic (exact) mass is 227 g/mol. The first-order chi connectivity index (χ1) is 8.16. The number of hydrogen-bond acceptors (Lipinski definition) is 2. The van der Waals surface area contributed by atoms with Crippen LogP contribution in [0.2, 0.25) is 0 Å². The quantitative estimate of drug-likeness (QED) is 0.794. The van der Waals surface area contributed by atoms with Gasteiger partial charge in [0.1, 0.15) is 5.75 Å². The number of benzene rings is 1. The fourth-order valence-corrected chi connectivity index (χ4v) is 1.76. The van der Waals surface area contributed by atoms with Gasteiger partial charge in [0.15, 0.2) is 0 Å². The number of rotatable bonds is 3. The van der Waals surface area contributed by atoms with Crippen LogP contribution in [-0.4, -0.2) is 11.1 Å². The van der Waals surface area contributed by atoms with Gasteiger partial charge in [-0.1, -0.05) is 6.07 Å². The van der Waals surface area contributed by atoms with Crippen molar-refractivity contribution in [1.29, 1.82) is 0 Å². The molecule has 0 unspecified atom stereocenters. The summed E-state index contributed by atoms with van der Waals surface area (Å²) in [4.78, 5) is 4.03. The van der Waals surface area contributed by atoms with Crippen LogP contribution in [0.15, 0.2) is 42.7 Å². The Morgan fingerprint density at radius 2 is 1.71 bits per heavy atom. The Morgan fingerprint density at radius 1 is 1.00 bits per heavy atom. The van der Waals surface area contributed by atoms with Gasteiger partial charge in [-0.15, -0.1) is 0 Å². The minimum Gasteiger partial charge on any atom is -0.491 e. The smallest absolute Gasteiger partial charge is 0.122 e.